The highest BCUT2D eigenvalue weighted by molar-refractivity contribution is 6.36. The molecule has 1 unspecified atom stereocenters. The largest absolute Gasteiger partial charge is 0.489 e. The Morgan fingerprint density at radius 3 is 2.56 bits per heavy atom. The van der Waals surface area contributed by atoms with Gasteiger partial charge in [0.15, 0.2) is 11.4 Å². The molecule has 5 rings (SSSR count). The molecule has 190 valence electrons. The van der Waals surface area contributed by atoms with Crippen molar-refractivity contribution in [3.05, 3.63) is 51.2 Å². The minimum atomic E-state index is -4.57. The second-order valence-electron chi connectivity index (χ2n) is 8.38. The zero-order chi connectivity index (χ0) is 25.8. The molecule has 1 saturated heterocycles. The summed E-state index contributed by atoms with van der Waals surface area (Å²) >= 11 is 18.8. The van der Waals surface area contributed by atoms with Crippen LogP contribution in [-0.4, -0.2) is 44.6 Å². The van der Waals surface area contributed by atoms with Crippen LogP contribution in [0.3, 0.4) is 0 Å². The lowest BCUT2D eigenvalue weighted by Crippen LogP contribution is -2.25. The first-order chi connectivity index (χ1) is 16.9. The lowest BCUT2D eigenvalue weighted by Gasteiger charge is -2.17. The maximum absolute atomic E-state index is 13.1. The van der Waals surface area contributed by atoms with Gasteiger partial charge in [-0.1, -0.05) is 40.0 Å². The van der Waals surface area contributed by atoms with E-state index in [-0.39, 0.29) is 50.8 Å². The molecule has 8 nitrogen and oxygen atoms in total. The second kappa shape index (κ2) is 9.07. The van der Waals surface area contributed by atoms with E-state index in [1.54, 1.807) is 0 Å². The van der Waals surface area contributed by atoms with Crippen LogP contribution in [0.4, 0.5) is 13.2 Å². The van der Waals surface area contributed by atoms with Crippen LogP contribution in [0.25, 0.3) is 28.6 Å². The molecule has 0 saturated carbocycles. The molecule has 0 bridgehead atoms. The molecule has 0 N–H and O–H groups in total. The van der Waals surface area contributed by atoms with Gasteiger partial charge in [0.2, 0.25) is 5.82 Å². The standard InChI is InChI=1S/C22H16Cl3F3N4O4/c1-21(2)34-9-11(35-21)8-33-17-5-13(23)12(4-14(17)24)18-30-20(36-31-18)16-7-32-6-10(22(26,27)28)3-15(25)19(32)29-16/h3-7,11H,8-9H2,1-2H3. The fourth-order valence-corrected chi connectivity index (χ4v) is 4.30. The number of halogens is 6. The van der Waals surface area contributed by atoms with Crippen LogP contribution in [0.2, 0.25) is 15.1 Å². The molecule has 1 atom stereocenters. The van der Waals surface area contributed by atoms with Crippen LogP contribution < -0.4 is 4.74 Å². The Kier molecular flexibility index (Phi) is 6.32. The van der Waals surface area contributed by atoms with Crippen molar-refractivity contribution >= 4 is 40.4 Å². The number of benzene rings is 1. The number of pyridine rings is 1. The maximum Gasteiger partial charge on any atom is 0.417 e. The van der Waals surface area contributed by atoms with Gasteiger partial charge in [-0.2, -0.15) is 18.2 Å². The molecule has 36 heavy (non-hydrogen) atoms. The zero-order valence-corrected chi connectivity index (χ0v) is 20.8. The van der Waals surface area contributed by atoms with E-state index in [1.165, 1.54) is 18.3 Å². The Morgan fingerprint density at radius 2 is 1.86 bits per heavy atom. The van der Waals surface area contributed by atoms with Crippen molar-refractivity contribution in [1.82, 2.24) is 19.5 Å². The number of ether oxygens (including phenoxy) is 3. The molecular weight excluding hydrogens is 548 g/mol. The molecule has 4 heterocycles. The van der Waals surface area contributed by atoms with Crippen molar-refractivity contribution in [3.8, 4) is 28.7 Å². The lowest BCUT2D eigenvalue weighted by molar-refractivity contribution is -0.141. The molecule has 0 amide bonds. The predicted octanol–water partition coefficient (Wildman–Crippen LogP) is 6.56. The average molecular weight is 564 g/mol. The van der Waals surface area contributed by atoms with Gasteiger partial charge in [0.05, 0.1) is 27.2 Å². The SMILES string of the molecule is CC1(C)OCC(COc2cc(Cl)c(-c3noc(-c4cn5cc(C(F)(F)F)cc(Cl)c5n4)n3)cc2Cl)O1. The van der Waals surface area contributed by atoms with Crippen molar-refractivity contribution < 1.29 is 31.9 Å². The lowest BCUT2D eigenvalue weighted by atomic mass is 10.2. The highest BCUT2D eigenvalue weighted by Crippen LogP contribution is 2.37. The van der Waals surface area contributed by atoms with Crippen molar-refractivity contribution in [1.29, 1.82) is 0 Å². The second-order valence-corrected chi connectivity index (χ2v) is 9.60. The Balaban J connectivity index is 1.38. The Morgan fingerprint density at radius 1 is 1.08 bits per heavy atom. The minimum absolute atomic E-state index is 0.0492. The summed E-state index contributed by atoms with van der Waals surface area (Å²) in [6.07, 6.45) is -2.66. The first kappa shape index (κ1) is 25.1. The van der Waals surface area contributed by atoms with Gasteiger partial charge in [-0.3, -0.25) is 0 Å². The number of rotatable bonds is 5. The Bertz CT molecular complexity index is 1450. The van der Waals surface area contributed by atoms with Crippen LogP contribution in [0.1, 0.15) is 19.4 Å². The van der Waals surface area contributed by atoms with Crippen LogP contribution in [-0.2, 0) is 15.7 Å². The molecule has 4 aromatic rings. The number of alkyl halides is 3. The highest BCUT2D eigenvalue weighted by Gasteiger charge is 2.33. The first-order valence-electron chi connectivity index (χ1n) is 10.4. The molecule has 0 aliphatic carbocycles. The predicted molar refractivity (Wildman–Crippen MR) is 124 cm³/mol. The average Bonchev–Trinajstić information content (AvgIpc) is 3.51. The van der Waals surface area contributed by atoms with E-state index in [0.717, 1.165) is 16.7 Å². The van der Waals surface area contributed by atoms with Crippen LogP contribution in [0, 0.1) is 0 Å². The number of fused-ring (bicyclic) bond motifs is 1. The highest BCUT2D eigenvalue weighted by atomic mass is 35.5. The molecule has 0 spiro atoms. The summed E-state index contributed by atoms with van der Waals surface area (Å²) in [4.78, 5) is 8.47. The number of hydrogen-bond acceptors (Lipinski definition) is 7. The molecule has 1 aromatic carbocycles. The third kappa shape index (κ3) is 4.98. The maximum atomic E-state index is 13.1. The molecule has 1 aliphatic rings. The number of nitrogens with zero attached hydrogens (tertiary/aromatic N) is 4. The van der Waals surface area contributed by atoms with E-state index in [2.05, 4.69) is 15.1 Å². The Hall–Kier alpha value is -2.57. The van der Waals surface area contributed by atoms with Crippen LogP contribution >= 0.6 is 34.8 Å². The topological polar surface area (TPSA) is 83.9 Å². The molecule has 3 aromatic heterocycles. The summed E-state index contributed by atoms with van der Waals surface area (Å²) in [6.45, 7) is 4.21. The van der Waals surface area contributed by atoms with Crippen molar-refractivity contribution in [2.75, 3.05) is 13.2 Å². The molecule has 0 radical (unpaired) electrons. The number of hydrogen-bond donors (Lipinski definition) is 0. The van der Waals surface area contributed by atoms with E-state index in [4.69, 9.17) is 53.5 Å². The Labute approximate surface area is 216 Å². The van der Waals surface area contributed by atoms with Gasteiger partial charge >= 0.3 is 6.18 Å². The fraction of sp³-hybridized carbons (Fsp3) is 0.318. The third-order valence-electron chi connectivity index (χ3n) is 5.23. The van der Waals surface area contributed by atoms with E-state index in [0.29, 0.717) is 17.9 Å². The fourth-order valence-electron chi connectivity index (χ4n) is 3.59. The van der Waals surface area contributed by atoms with Gasteiger partial charge in [-0.15, -0.1) is 0 Å². The molecule has 1 aliphatic heterocycles. The quantitative estimate of drug-likeness (QED) is 0.272. The minimum Gasteiger partial charge on any atom is -0.489 e. The van der Waals surface area contributed by atoms with E-state index in [1.807, 2.05) is 13.8 Å². The van der Waals surface area contributed by atoms with E-state index >= 15 is 0 Å². The summed E-state index contributed by atoms with van der Waals surface area (Å²) in [5.41, 5.74) is -0.345. The zero-order valence-electron chi connectivity index (χ0n) is 18.6. The van der Waals surface area contributed by atoms with Gasteiger partial charge in [-0.25, -0.2) is 4.98 Å². The van der Waals surface area contributed by atoms with Gasteiger partial charge in [0.25, 0.3) is 5.89 Å². The number of aromatic nitrogens is 4. The van der Waals surface area contributed by atoms with Gasteiger partial charge in [-0.05, 0) is 26.0 Å². The number of imidazole rings is 1. The summed E-state index contributed by atoms with van der Waals surface area (Å²) < 4.78 is 62.6. The molecular formula is C22H16Cl3F3N4O4. The summed E-state index contributed by atoms with van der Waals surface area (Å²) in [5.74, 6) is -0.302. The van der Waals surface area contributed by atoms with Gasteiger partial charge in [0.1, 0.15) is 24.2 Å². The summed E-state index contributed by atoms with van der Waals surface area (Å²) in [5, 5.41) is 4.20. The monoisotopic (exact) mass is 562 g/mol. The smallest absolute Gasteiger partial charge is 0.417 e. The van der Waals surface area contributed by atoms with Gasteiger partial charge < -0.3 is 23.1 Å². The van der Waals surface area contributed by atoms with Crippen molar-refractivity contribution in [3.63, 3.8) is 0 Å². The first-order valence-corrected chi connectivity index (χ1v) is 11.6. The summed E-state index contributed by atoms with van der Waals surface area (Å²) in [6, 6.07) is 3.82. The summed E-state index contributed by atoms with van der Waals surface area (Å²) in [7, 11) is 0. The third-order valence-corrected chi connectivity index (χ3v) is 6.12. The van der Waals surface area contributed by atoms with Crippen molar-refractivity contribution in [2.24, 2.45) is 0 Å². The molecule has 14 heteroatoms. The van der Waals surface area contributed by atoms with Crippen LogP contribution in [0.5, 0.6) is 5.75 Å². The van der Waals surface area contributed by atoms with Gasteiger partial charge in [0, 0.05) is 24.0 Å². The van der Waals surface area contributed by atoms with E-state index < -0.39 is 17.5 Å². The van der Waals surface area contributed by atoms with E-state index in [9.17, 15) is 13.2 Å². The van der Waals surface area contributed by atoms with Crippen molar-refractivity contribution in [2.45, 2.75) is 31.9 Å². The molecule has 1 fully saturated rings. The van der Waals surface area contributed by atoms with Crippen LogP contribution in [0.15, 0.2) is 35.1 Å². The normalized spacial score (nSPS) is 17.7.